The number of rotatable bonds is 5. The highest BCUT2D eigenvalue weighted by Crippen LogP contribution is 2.22. The first kappa shape index (κ1) is 10.6. The molecule has 0 spiro atoms. The number of carbonyl (C=O) groups excluding carboxylic acids is 1. The molecule has 0 radical (unpaired) electrons. The Kier molecular flexibility index (Phi) is 3.38. The normalized spacial score (nSPS) is 15.3. The van der Waals surface area contributed by atoms with E-state index < -0.39 is 0 Å². The van der Waals surface area contributed by atoms with Crippen molar-refractivity contribution in [3.8, 4) is 0 Å². The number of carbonyl (C=O) groups is 1. The van der Waals surface area contributed by atoms with Gasteiger partial charge in [0.25, 0.3) is 0 Å². The summed E-state index contributed by atoms with van der Waals surface area (Å²) in [6.07, 6.45) is 3.01. The lowest BCUT2D eigenvalue weighted by molar-refractivity contribution is -0.139. The van der Waals surface area contributed by atoms with Crippen molar-refractivity contribution in [2.45, 2.75) is 31.8 Å². The van der Waals surface area contributed by atoms with Gasteiger partial charge in [0.2, 0.25) is 0 Å². The quantitative estimate of drug-likeness (QED) is 0.775. The molecule has 1 aliphatic rings. The Morgan fingerprint density at radius 1 is 1.53 bits per heavy atom. The summed E-state index contributed by atoms with van der Waals surface area (Å²) < 4.78 is 4.62. The summed E-state index contributed by atoms with van der Waals surface area (Å²) in [5.74, 6) is -0.168. The van der Waals surface area contributed by atoms with Gasteiger partial charge in [-0.3, -0.25) is 4.79 Å². The summed E-state index contributed by atoms with van der Waals surface area (Å²) in [5.41, 5.74) is 0. The molecule has 1 saturated carbocycles. The van der Waals surface area contributed by atoms with E-state index in [-0.39, 0.29) is 5.97 Å². The Morgan fingerprint density at radius 3 is 2.93 bits per heavy atom. The lowest BCUT2D eigenvalue weighted by atomic mass is 10.3. The van der Waals surface area contributed by atoms with Crippen LogP contribution in [-0.2, 0) is 22.5 Å². The summed E-state index contributed by atoms with van der Waals surface area (Å²) in [6, 6.07) is 4.82. The van der Waals surface area contributed by atoms with Crippen molar-refractivity contribution in [3.63, 3.8) is 0 Å². The van der Waals surface area contributed by atoms with Crippen LogP contribution in [0.4, 0.5) is 0 Å². The van der Waals surface area contributed by atoms with Gasteiger partial charge in [0.1, 0.15) is 0 Å². The van der Waals surface area contributed by atoms with Crippen molar-refractivity contribution in [3.05, 3.63) is 21.9 Å². The lowest BCUT2D eigenvalue weighted by Gasteiger charge is -1.98. The standard InChI is InChI=1S/C11H15NO2S/c1-14-11(13)6-9-4-5-10(15-9)7-12-8-2-3-8/h4-5,8,12H,2-3,6-7H2,1H3. The molecule has 3 nitrogen and oxygen atoms in total. The summed E-state index contributed by atoms with van der Waals surface area (Å²) in [7, 11) is 1.42. The Bertz CT molecular complexity index is 344. The zero-order valence-electron chi connectivity index (χ0n) is 8.79. The average molecular weight is 225 g/mol. The minimum absolute atomic E-state index is 0.168. The van der Waals surface area contributed by atoms with Crippen LogP contribution in [0.15, 0.2) is 12.1 Å². The van der Waals surface area contributed by atoms with Crippen LogP contribution in [0.1, 0.15) is 22.6 Å². The van der Waals surface area contributed by atoms with Crippen molar-refractivity contribution in [1.29, 1.82) is 0 Å². The van der Waals surface area contributed by atoms with Gasteiger partial charge in [-0.15, -0.1) is 11.3 Å². The van der Waals surface area contributed by atoms with Gasteiger partial charge in [0, 0.05) is 22.3 Å². The maximum absolute atomic E-state index is 11.0. The van der Waals surface area contributed by atoms with Crippen LogP contribution in [0.5, 0.6) is 0 Å². The van der Waals surface area contributed by atoms with Gasteiger partial charge in [-0.05, 0) is 25.0 Å². The topological polar surface area (TPSA) is 38.3 Å². The summed E-state index contributed by atoms with van der Waals surface area (Å²) >= 11 is 1.68. The van der Waals surface area contributed by atoms with E-state index in [4.69, 9.17) is 0 Å². The number of hydrogen-bond donors (Lipinski definition) is 1. The van der Waals surface area contributed by atoms with Gasteiger partial charge in [-0.25, -0.2) is 0 Å². The van der Waals surface area contributed by atoms with Crippen LogP contribution < -0.4 is 5.32 Å². The Labute approximate surface area is 93.4 Å². The van der Waals surface area contributed by atoms with E-state index in [2.05, 4.69) is 16.1 Å². The Morgan fingerprint density at radius 2 is 2.27 bits per heavy atom. The molecule has 82 valence electrons. The molecule has 0 aromatic carbocycles. The molecule has 4 heteroatoms. The predicted molar refractivity (Wildman–Crippen MR) is 59.9 cm³/mol. The molecule has 0 unspecified atom stereocenters. The van der Waals surface area contributed by atoms with E-state index in [1.165, 1.54) is 24.8 Å². The molecule has 0 bridgehead atoms. The number of esters is 1. The van der Waals surface area contributed by atoms with Gasteiger partial charge in [0.05, 0.1) is 13.5 Å². The number of thiophene rings is 1. The fraction of sp³-hybridized carbons (Fsp3) is 0.545. The van der Waals surface area contributed by atoms with Gasteiger partial charge in [-0.1, -0.05) is 0 Å². The van der Waals surface area contributed by atoms with Crippen LogP contribution in [0.3, 0.4) is 0 Å². The van der Waals surface area contributed by atoms with Crippen LogP contribution in [0.25, 0.3) is 0 Å². The van der Waals surface area contributed by atoms with E-state index in [0.29, 0.717) is 6.42 Å². The lowest BCUT2D eigenvalue weighted by Crippen LogP contribution is -2.14. The van der Waals surface area contributed by atoms with Crippen molar-refractivity contribution in [2.24, 2.45) is 0 Å². The molecule has 2 rings (SSSR count). The maximum atomic E-state index is 11.0. The van der Waals surface area contributed by atoms with Crippen molar-refractivity contribution < 1.29 is 9.53 Å². The first-order chi connectivity index (χ1) is 7.28. The third-order valence-corrected chi connectivity index (χ3v) is 3.49. The van der Waals surface area contributed by atoms with E-state index in [9.17, 15) is 4.79 Å². The van der Waals surface area contributed by atoms with E-state index in [1.54, 1.807) is 11.3 Å². The minimum Gasteiger partial charge on any atom is -0.469 e. The second-order valence-corrected chi connectivity index (χ2v) is 5.03. The number of methoxy groups -OCH3 is 1. The Hall–Kier alpha value is -0.870. The van der Waals surface area contributed by atoms with Crippen LogP contribution >= 0.6 is 11.3 Å². The summed E-state index contributed by atoms with van der Waals surface area (Å²) in [4.78, 5) is 13.4. The third kappa shape index (κ3) is 3.32. The summed E-state index contributed by atoms with van der Waals surface area (Å²) in [5, 5.41) is 3.45. The smallest absolute Gasteiger partial charge is 0.310 e. The largest absolute Gasteiger partial charge is 0.469 e. The predicted octanol–water partition coefficient (Wildman–Crippen LogP) is 1.72. The SMILES string of the molecule is COC(=O)Cc1ccc(CNC2CC2)s1. The molecule has 0 amide bonds. The molecule has 0 atom stereocenters. The molecule has 15 heavy (non-hydrogen) atoms. The second kappa shape index (κ2) is 4.77. The fourth-order valence-electron chi connectivity index (χ4n) is 1.36. The zero-order valence-corrected chi connectivity index (χ0v) is 9.60. The first-order valence-corrected chi connectivity index (χ1v) is 5.97. The molecule has 1 N–H and O–H groups in total. The molecule has 1 aromatic heterocycles. The van der Waals surface area contributed by atoms with Crippen LogP contribution in [-0.4, -0.2) is 19.1 Å². The van der Waals surface area contributed by atoms with Crippen LogP contribution in [0.2, 0.25) is 0 Å². The van der Waals surface area contributed by atoms with Gasteiger partial charge < -0.3 is 10.1 Å². The van der Waals surface area contributed by atoms with E-state index in [0.717, 1.165) is 17.5 Å². The molecule has 1 heterocycles. The van der Waals surface area contributed by atoms with Gasteiger partial charge in [-0.2, -0.15) is 0 Å². The van der Waals surface area contributed by atoms with E-state index >= 15 is 0 Å². The van der Waals surface area contributed by atoms with Crippen LogP contribution in [0, 0.1) is 0 Å². The molecular weight excluding hydrogens is 210 g/mol. The van der Waals surface area contributed by atoms with Crippen molar-refractivity contribution >= 4 is 17.3 Å². The van der Waals surface area contributed by atoms with Crippen molar-refractivity contribution in [1.82, 2.24) is 5.32 Å². The Balaban J connectivity index is 1.82. The van der Waals surface area contributed by atoms with Gasteiger partial charge >= 0.3 is 5.97 Å². The number of ether oxygens (including phenoxy) is 1. The number of hydrogen-bond acceptors (Lipinski definition) is 4. The van der Waals surface area contributed by atoms with Crippen molar-refractivity contribution in [2.75, 3.05) is 7.11 Å². The monoisotopic (exact) mass is 225 g/mol. The summed E-state index contributed by atoms with van der Waals surface area (Å²) in [6.45, 7) is 0.927. The molecule has 1 aromatic rings. The number of nitrogens with one attached hydrogen (secondary N) is 1. The highest BCUT2D eigenvalue weighted by Gasteiger charge is 2.20. The average Bonchev–Trinajstić information content (AvgIpc) is 2.97. The van der Waals surface area contributed by atoms with Gasteiger partial charge in [0.15, 0.2) is 0 Å². The second-order valence-electron chi connectivity index (χ2n) is 3.78. The fourth-order valence-corrected chi connectivity index (χ4v) is 2.31. The molecule has 1 aliphatic carbocycles. The molecule has 0 saturated heterocycles. The maximum Gasteiger partial charge on any atom is 0.310 e. The molecular formula is C11H15NO2S. The molecule has 0 aliphatic heterocycles. The minimum atomic E-state index is -0.168. The van der Waals surface area contributed by atoms with E-state index in [1.807, 2.05) is 6.07 Å². The highest BCUT2D eigenvalue weighted by atomic mass is 32.1. The zero-order chi connectivity index (χ0) is 10.7. The molecule has 1 fully saturated rings. The first-order valence-electron chi connectivity index (χ1n) is 5.15. The third-order valence-electron chi connectivity index (χ3n) is 2.41. The highest BCUT2D eigenvalue weighted by molar-refractivity contribution is 7.12.